The quantitative estimate of drug-likeness (QED) is 0.841. The standard InChI is InChI=1S/C15H18ClN3O2S/c1-11(20)17-15-18-12(10-22-15)9-19(2)7-8-21-14-6-4-3-5-13(14)16/h3-6,10H,7-9H2,1-2H3,(H,17,18,20). The number of hydrogen-bond acceptors (Lipinski definition) is 5. The number of benzene rings is 1. The lowest BCUT2D eigenvalue weighted by molar-refractivity contribution is -0.114. The number of halogens is 1. The van der Waals surface area contributed by atoms with Gasteiger partial charge in [0.2, 0.25) is 5.91 Å². The van der Waals surface area contributed by atoms with E-state index in [1.165, 1.54) is 18.3 Å². The van der Waals surface area contributed by atoms with Crippen LogP contribution in [0.2, 0.25) is 5.02 Å². The van der Waals surface area contributed by atoms with E-state index in [0.29, 0.717) is 29.1 Å². The van der Waals surface area contributed by atoms with Crippen molar-refractivity contribution >= 4 is 34.0 Å². The van der Waals surface area contributed by atoms with Crippen molar-refractivity contribution in [1.82, 2.24) is 9.88 Å². The van der Waals surface area contributed by atoms with Crippen LogP contribution in [0.15, 0.2) is 29.6 Å². The maximum atomic E-state index is 11.0. The Balaban J connectivity index is 1.76. The van der Waals surface area contributed by atoms with Crippen molar-refractivity contribution in [3.8, 4) is 5.75 Å². The van der Waals surface area contributed by atoms with Crippen molar-refractivity contribution in [2.75, 3.05) is 25.5 Å². The smallest absolute Gasteiger partial charge is 0.223 e. The summed E-state index contributed by atoms with van der Waals surface area (Å²) >= 11 is 7.46. The highest BCUT2D eigenvalue weighted by Gasteiger charge is 2.07. The third-order valence-corrected chi connectivity index (χ3v) is 3.95. The summed E-state index contributed by atoms with van der Waals surface area (Å²) in [5.41, 5.74) is 0.925. The maximum absolute atomic E-state index is 11.0. The summed E-state index contributed by atoms with van der Waals surface area (Å²) in [6.07, 6.45) is 0. The van der Waals surface area contributed by atoms with Gasteiger partial charge in [-0.3, -0.25) is 9.69 Å². The van der Waals surface area contributed by atoms with Crippen molar-refractivity contribution in [2.24, 2.45) is 0 Å². The first-order valence-electron chi connectivity index (χ1n) is 6.82. The second kappa shape index (κ2) is 8.12. The van der Waals surface area contributed by atoms with Gasteiger partial charge in [0.1, 0.15) is 12.4 Å². The number of carbonyl (C=O) groups is 1. The molecule has 0 atom stereocenters. The monoisotopic (exact) mass is 339 g/mol. The van der Waals surface area contributed by atoms with E-state index in [4.69, 9.17) is 16.3 Å². The van der Waals surface area contributed by atoms with Gasteiger partial charge >= 0.3 is 0 Å². The third kappa shape index (κ3) is 5.29. The van der Waals surface area contributed by atoms with Crippen LogP contribution in [0.4, 0.5) is 5.13 Å². The van der Waals surface area contributed by atoms with Crippen LogP contribution in [0.1, 0.15) is 12.6 Å². The molecular formula is C15H18ClN3O2S. The predicted octanol–water partition coefficient (Wildman–Crippen LogP) is 3.27. The van der Waals surface area contributed by atoms with Gasteiger partial charge in [-0.15, -0.1) is 11.3 Å². The molecule has 1 aromatic carbocycles. The molecule has 0 aliphatic heterocycles. The molecule has 1 aromatic heterocycles. The van der Waals surface area contributed by atoms with Crippen molar-refractivity contribution < 1.29 is 9.53 Å². The first-order chi connectivity index (χ1) is 10.5. The van der Waals surface area contributed by atoms with Crippen LogP contribution in [0.3, 0.4) is 0 Å². The molecule has 2 aromatic rings. The lowest BCUT2D eigenvalue weighted by atomic mass is 10.3. The molecule has 2 rings (SSSR count). The molecule has 0 radical (unpaired) electrons. The van der Waals surface area contributed by atoms with Crippen molar-refractivity contribution in [3.05, 3.63) is 40.4 Å². The lowest BCUT2D eigenvalue weighted by Gasteiger charge is -2.16. The molecule has 0 aliphatic carbocycles. The maximum Gasteiger partial charge on any atom is 0.223 e. The molecular weight excluding hydrogens is 322 g/mol. The number of nitrogens with one attached hydrogen (secondary N) is 1. The van der Waals surface area contributed by atoms with E-state index in [1.54, 1.807) is 6.07 Å². The molecule has 0 aliphatic rings. The Morgan fingerprint density at radius 1 is 1.45 bits per heavy atom. The molecule has 5 nitrogen and oxygen atoms in total. The number of carbonyl (C=O) groups excluding carboxylic acids is 1. The Hall–Kier alpha value is -1.63. The molecule has 0 unspecified atom stereocenters. The van der Waals surface area contributed by atoms with Crippen LogP contribution in [0.5, 0.6) is 5.75 Å². The van der Waals surface area contributed by atoms with Crippen LogP contribution in [0, 0.1) is 0 Å². The highest BCUT2D eigenvalue weighted by Crippen LogP contribution is 2.23. The van der Waals surface area contributed by atoms with Crippen LogP contribution in [-0.4, -0.2) is 36.0 Å². The van der Waals surface area contributed by atoms with E-state index in [2.05, 4.69) is 15.2 Å². The zero-order chi connectivity index (χ0) is 15.9. The van der Waals surface area contributed by atoms with E-state index >= 15 is 0 Å². The number of aromatic nitrogens is 1. The summed E-state index contributed by atoms with van der Waals surface area (Å²) in [6.45, 7) is 3.46. The van der Waals surface area contributed by atoms with Gasteiger partial charge < -0.3 is 10.1 Å². The largest absolute Gasteiger partial charge is 0.491 e. The second-order valence-electron chi connectivity index (χ2n) is 4.84. The van der Waals surface area contributed by atoms with Crippen molar-refractivity contribution in [1.29, 1.82) is 0 Å². The first-order valence-corrected chi connectivity index (χ1v) is 8.08. The van der Waals surface area contributed by atoms with Crippen LogP contribution in [-0.2, 0) is 11.3 Å². The number of thiazole rings is 1. The van der Waals surface area contributed by atoms with Gasteiger partial charge in [-0.25, -0.2) is 4.98 Å². The van der Waals surface area contributed by atoms with E-state index < -0.39 is 0 Å². The SMILES string of the molecule is CC(=O)Nc1nc(CN(C)CCOc2ccccc2Cl)cs1. The summed E-state index contributed by atoms with van der Waals surface area (Å²) in [4.78, 5) is 17.4. The third-order valence-electron chi connectivity index (χ3n) is 2.83. The minimum absolute atomic E-state index is 0.109. The van der Waals surface area contributed by atoms with Gasteiger partial charge in [0.05, 0.1) is 10.7 Å². The molecule has 118 valence electrons. The minimum Gasteiger partial charge on any atom is -0.491 e. The van der Waals surface area contributed by atoms with Gasteiger partial charge in [-0.05, 0) is 19.2 Å². The molecule has 0 saturated carbocycles. The number of nitrogens with zero attached hydrogens (tertiary/aromatic N) is 2. The Morgan fingerprint density at radius 3 is 2.95 bits per heavy atom. The predicted molar refractivity (Wildman–Crippen MR) is 89.7 cm³/mol. The summed E-state index contributed by atoms with van der Waals surface area (Å²) in [5, 5.41) is 5.86. The number of rotatable bonds is 7. The van der Waals surface area contributed by atoms with E-state index in [9.17, 15) is 4.79 Å². The zero-order valence-corrected chi connectivity index (χ0v) is 14.1. The molecule has 22 heavy (non-hydrogen) atoms. The number of hydrogen-bond donors (Lipinski definition) is 1. The molecule has 0 bridgehead atoms. The Bertz CT molecular complexity index is 633. The van der Waals surface area contributed by atoms with Crippen LogP contribution in [0.25, 0.3) is 0 Å². The fourth-order valence-corrected chi connectivity index (χ4v) is 2.75. The minimum atomic E-state index is -0.109. The fourth-order valence-electron chi connectivity index (χ4n) is 1.82. The van der Waals surface area contributed by atoms with E-state index in [-0.39, 0.29) is 5.91 Å². The fraction of sp³-hybridized carbons (Fsp3) is 0.333. The molecule has 0 fully saturated rings. The topological polar surface area (TPSA) is 54.5 Å². The van der Waals surface area contributed by atoms with Crippen LogP contribution >= 0.6 is 22.9 Å². The Kier molecular flexibility index (Phi) is 6.18. The summed E-state index contributed by atoms with van der Waals surface area (Å²) in [7, 11) is 1.99. The van der Waals surface area contributed by atoms with Gasteiger partial charge in [-0.1, -0.05) is 23.7 Å². The second-order valence-corrected chi connectivity index (χ2v) is 6.11. The summed E-state index contributed by atoms with van der Waals surface area (Å²) < 4.78 is 5.65. The average Bonchev–Trinajstić information content (AvgIpc) is 2.87. The molecule has 7 heteroatoms. The molecule has 1 amide bonds. The Morgan fingerprint density at radius 2 is 2.23 bits per heavy atom. The van der Waals surface area contributed by atoms with Crippen molar-refractivity contribution in [3.63, 3.8) is 0 Å². The highest BCUT2D eigenvalue weighted by molar-refractivity contribution is 7.13. The van der Waals surface area contributed by atoms with E-state index in [1.807, 2.05) is 30.6 Å². The first kappa shape index (κ1) is 16.7. The number of anilines is 1. The molecule has 0 spiro atoms. The van der Waals surface area contributed by atoms with Gasteiger partial charge in [0.15, 0.2) is 5.13 Å². The Labute approximate surface area is 138 Å². The number of ether oxygens (including phenoxy) is 1. The summed E-state index contributed by atoms with van der Waals surface area (Å²) in [6, 6.07) is 7.42. The number of likely N-dealkylation sites (N-methyl/N-ethyl adjacent to an activating group) is 1. The average molecular weight is 340 g/mol. The van der Waals surface area contributed by atoms with Crippen LogP contribution < -0.4 is 10.1 Å². The number of para-hydroxylation sites is 1. The van der Waals surface area contributed by atoms with Gasteiger partial charge in [-0.2, -0.15) is 0 Å². The van der Waals surface area contributed by atoms with Crippen molar-refractivity contribution in [2.45, 2.75) is 13.5 Å². The lowest BCUT2D eigenvalue weighted by Crippen LogP contribution is -2.24. The molecule has 1 N–H and O–H groups in total. The van der Waals surface area contributed by atoms with E-state index in [0.717, 1.165) is 12.2 Å². The number of amides is 1. The van der Waals surface area contributed by atoms with Gasteiger partial charge in [0, 0.05) is 25.4 Å². The molecule has 0 saturated heterocycles. The normalized spacial score (nSPS) is 10.7. The zero-order valence-electron chi connectivity index (χ0n) is 12.5. The summed E-state index contributed by atoms with van der Waals surface area (Å²) in [5.74, 6) is 0.585. The molecule has 1 heterocycles. The highest BCUT2D eigenvalue weighted by atomic mass is 35.5. The van der Waals surface area contributed by atoms with Gasteiger partial charge in [0.25, 0.3) is 0 Å².